The fourth-order valence-electron chi connectivity index (χ4n) is 2.08. The molecule has 0 aromatic carbocycles. The molecular formula is C13H15N3O2. The molecule has 0 saturated heterocycles. The summed E-state index contributed by atoms with van der Waals surface area (Å²) < 4.78 is 4.55. The van der Waals surface area contributed by atoms with E-state index in [1.807, 2.05) is 6.07 Å². The molecule has 0 saturated carbocycles. The van der Waals surface area contributed by atoms with E-state index in [9.17, 15) is 4.79 Å². The SMILES string of the molecule is COC(=O)CNc1nc2c(cc1C#N)CCCC2. The average Bonchev–Trinajstić information content (AvgIpc) is 2.43. The number of esters is 1. The first kappa shape index (κ1) is 12.4. The van der Waals surface area contributed by atoms with Crippen LogP contribution < -0.4 is 5.32 Å². The number of fused-ring (bicyclic) bond motifs is 1. The van der Waals surface area contributed by atoms with E-state index in [4.69, 9.17) is 5.26 Å². The van der Waals surface area contributed by atoms with Crippen LogP contribution in [0.2, 0.25) is 0 Å². The molecule has 0 radical (unpaired) electrons. The Balaban J connectivity index is 2.23. The number of carbonyl (C=O) groups is 1. The highest BCUT2D eigenvalue weighted by Crippen LogP contribution is 2.24. The van der Waals surface area contributed by atoms with Gasteiger partial charge >= 0.3 is 5.97 Å². The van der Waals surface area contributed by atoms with Crippen LogP contribution in [0.5, 0.6) is 0 Å². The van der Waals surface area contributed by atoms with Gasteiger partial charge in [-0.3, -0.25) is 4.79 Å². The third-order valence-corrected chi connectivity index (χ3v) is 3.05. The third-order valence-electron chi connectivity index (χ3n) is 3.05. The Morgan fingerprint density at radius 1 is 1.56 bits per heavy atom. The molecule has 5 heteroatoms. The fourth-order valence-corrected chi connectivity index (χ4v) is 2.08. The summed E-state index contributed by atoms with van der Waals surface area (Å²) in [4.78, 5) is 15.5. The standard InChI is InChI=1S/C13H15N3O2/c1-18-12(17)8-15-13-10(7-14)6-9-4-2-3-5-11(9)16-13/h6H,2-5,8H2,1H3,(H,15,16). The van der Waals surface area contributed by atoms with Crippen LogP contribution in [0.4, 0.5) is 5.82 Å². The molecule has 1 aromatic heterocycles. The van der Waals surface area contributed by atoms with Crippen molar-refractivity contribution in [2.45, 2.75) is 25.7 Å². The highest BCUT2D eigenvalue weighted by molar-refractivity contribution is 5.75. The van der Waals surface area contributed by atoms with Crippen LogP contribution in [0.3, 0.4) is 0 Å². The molecule has 0 fully saturated rings. The predicted octanol–water partition coefficient (Wildman–Crippen LogP) is 1.42. The summed E-state index contributed by atoms with van der Waals surface area (Å²) in [6.45, 7) is 0.0248. The van der Waals surface area contributed by atoms with Gasteiger partial charge in [-0.05, 0) is 37.3 Å². The van der Waals surface area contributed by atoms with Crippen LogP contribution >= 0.6 is 0 Å². The Kier molecular flexibility index (Phi) is 3.78. The molecule has 1 aliphatic rings. The van der Waals surface area contributed by atoms with Crippen LogP contribution in [0.25, 0.3) is 0 Å². The molecule has 1 aromatic rings. The summed E-state index contributed by atoms with van der Waals surface area (Å²) in [5.41, 5.74) is 2.67. The zero-order valence-corrected chi connectivity index (χ0v) is 10.3. The van der Waals surface area contributed by atoms with Crippen molar-refractivity contribution < 1.29 is 9.53 Å². The number of methoxy groups -OCH3 is 1. The summed E-state index contributed by atoms with van der Waals surface area (Å²) in [5, 5.41) is 12.0. The molecule has 1 aliphatic carbocycles. The number of nitriles is 1. The number of ether oxygens (including phenoxy) is 1. The van der Waals surface area contributed by atoms with Gasteiger partial charge in [0.1, 0.15) is 18.4 Å². The normalized spacial score (nSPS) is 13.3. The van der Waals surface area contributed by atoms with Crippen molar-refractivity contribution in [2.75, 3.05) is 19.0 Å². The van der Waals surface area contributed by atoms with Crippen molar-refractivity contribution in [2.24, 2.45) is 0 Å². The molecule has 18 heavy (non-hydrogen) atoms. The Morgan fingerprint density at radius 3 is 3.06 bits per heavy atom. The molecule has 0 atom stereocenters. The summed E-state index contributed by atoms with van der Waals surface area (Å²) in [6, 6.07) is 3.99. The van der Waals surface area contributed by atoms with Crippen molar-refractivity contribution in [1.82, 2.24) is 4.98 Å². The predicted molar refractivity (Wildman–Crippen MR) is 66.1 cm³/mol. The number of pyridine rings is 1. The van der Waals surface area contributed by atoms with Crippen LogP contribution in [-0.2, 0) is 22.4 Å². The molecular weight excluding hydrogens is 230 g/mol. The number of carbonyl (C=O) groups excluding carboxylic acids is 1. The Hall–Kier alpha value is -2.09. The number of hydrogen-bond donors (Lipinski definition) is 1. The quantitative estimate of drug-likeness (QED) is 0.815. The zero-order chi connectivity index (χ0) is 13.0. The summed E-state index contributed by atoms with van der Waals surface area (Å²) in [6.07, 6.45) is 4.19. The first-order valence-corrected chi connectivity index (χ1v) is 5.98. The van der Waals surface area contributed by atoms with Gasteiger partial charge in [-0.1, -0.05) is 0 Å². The van der Waals surface area contributed by atoms with Gasteiger partial charge in [0.25, 0.3) is 0 Å². The summed E-state index contributed by atoms with van der Waals surface area (Å²) in [5.74, 6) is 0.0990. The maximum absolute atomic E-state index is 11.1. The smallest absolute Gasteiger partial charge is 0.325 e. The van der Waals surface area contributed by atoms with Gasteiger partial charge in [0.2, 0.25) is 0 Å². The lowest BCUT2D eigenvalue weighted by molar-refractivity contribution is -0.138. The average molecular weight is 245 g/mol. The second-order valence-electron chi connectivity index (χ2n) is 4.24. The monoisotopic (exact) mass is 245 g/mol. The zero-order valence-electron chi connectivity index (χ0n) is 10.3. The van der Waals surface area contributed by atoms with E-state index in [1.54, 1.807) is 0 Å². The molecule has 0 unspecified atom stereocenters. The van der Waals surface area contributed by atoms with Crippen LogP contribution in [0.1, 0.15) is 29.7 Å². The second kappa shape index (κ2) is 5.50. The molecule has 0 aliphatic heterocycles. The first-order valence-electron chi connectivity index (χ1n) is 5.98. The van der Waals surface area contributed by atoms with Crippen molar-refractivity contribution in [1.29, 1.82) is 5.26 Å². The Bertz CT molecular complexity index is 506. The molecule has 94 valence electrons. The van der Waals surface area contributed by atoms with Crippen molar-refractivity contribution in [3.05, 3.63) is 22.9 Å². The van der Waals surface area contributed by atoms with Gasteiger partial charge in [-0.25, -0.2) is 4.98 Å². The minimum absolute atomic E-state index is 0.0248. The van der Waals surface area contributed by atoms with E-state index in [2.05, 4.69) is 21.1 Å². The van der Waals surface area contributed by atoms with E-state index < -0.39 is 0 Å². The number of nitrogens with zero attached hydrogens (tertiary/aromatic N) is 2. The fraction of sp³-hybridized carbons (Fsp3) is 0.462. The van der Waals surface area contributed by atoms with Gasteiger partial charge in [0.05, 0.1) is 12.7 Å². The number of anilines is 1. The molecule has 5 nitrogen and oxygen atoms in total. The molecule has 1 N–H and O–H groups in total. The lowest BCUT2D eigenvalue weighted by Gasteiger charge is -2.17. The van der Waals surface area contributed by atoms with E-state index in [1.165, 1.54) is 7.11 Å². The van der Waals surface area contributed by atoms with Crippen LogP contribution in [-0.4, -0.2) is 24.6 Å². The highest BCUT2D eigenvalue weighted by Gasteiger charge is 2.15. The van der Waals surface area contributed by atoms with Crippen molar-refractivity contribution >= 4 is 11.8 Å². The van der Waals surface area contributed by atoms with Crippen LogP contribution in [0, 0.1) is 11.3 Å². The van der Waals surface area contributed by atoms with Gasteiger partial charge < -0.3 is 10.1 Å². The van der Waals surface area contributed by atoms with Crippen molar-refractivity contribution in [3.8, 4) is 6.07 Å². The largest absolute Gasteiger partial charge is 0.468 e. The minimum atomic E-state index is -0.376. The summed E-state index contributed by atoms with van der Waals surface area (Å²) >= 11 is 0. The highest BCUT2D eigenvalue weighted by atomic mass is 16.5. The maximum Gasteiger partial charge on any atom is 0.325 e. The van der Waals surface area contributed by atoms with E-state index in [0.717, 1.165) is 36.9 Å². The number of rotatable bonds is 3. The Morgan fingerprint density at radius 2 is 2.33 bits per heavy atom. The van der Waals surface area contributed by atoms with E-state index >= 15 is 0 Å². The number of nitrogens with one attached hydrogen (secondary N) is 1. The number of aryl methyl sites for hydroxylation is 2. The van der Waals surface area contributed by atoms with E-state index in [0.29, 0.717) is 11.4 Å². The van der Waals surface area contributed by atoms with Gasteiger partial charge in [-0.2, -0.15) is 5.26 Å². The second-order valence-corrected chi connectivity index (χ2v) is 4.24. The Labute approximate surface area is 106 Å². The maximum atomic E-state index is 11.1. The van der Waals surface area contributed by atoms with Gasteiger partial charge in [0.15, 0.2) is 0 Å². The molecule has 0 spiro atoms. The lowest BCUT2D eigenvalue weighted by atomic mass is 9.95. The lowest BCUT2D eigenvalue weighted by Crippen LogP contribution is -2.18. The molecule has 0 amide bonds. The van der Waals surface area contributed by atoms with Gasteiger partial charge in [0, 0.05) is 5.69 Å². The van der Waals surface area contributed by atoms with Crippen LogP contribution in [0.15, 0.2) is 6.07 Å². The third kappa shape index (κ3) is 2.59. The number of aromatic nitrogens is 1. The molecule has 2 rings (SSSR count). The van der Waals surface area contributed by atoms with E-state index in [-0.39, 0.29) is 12.5 Å². The van der Waals surface area contributed by atoms with Gasteiger partial charge in [-0.15, -0.1) is 0 Å². The first-order chi connectivity index (χ1) is 8.74. The van der Waals surface area contributed by atoms with Crippen molar-refractivity contribution in [3.63, 3.8) is 0 Å². The topological polar surface area (TPSA) is 75.0 Å². The summed E-state index contributed by atoms with van der Waals surface area (Å²) in [7, 11) is 1.33. The minimum Gasteiger partial charge on any atom is -0.468 e. The number of hydrogen-bond acceptors (Lipinski definition) is 5. The molecule has 0 bridgehead atoms. The molecule has 1 heterocycles.